The number of benzene rings is 3. The molecule has 0 aromatic heterocycles. The van der Waals surface area contributed by atoms with E-state index >= 15 is 0 Å². The Hall–Kier alpha value is -1.88. The lowest BCUT2D eigenvalue weighted by Gasteiger charge is -2.09. The molecule has 0 bridgehead atoms. The minimum Gasteiger partial charge on any atom is -0.391 e. The normalized spacial score (nSPS) is 18.6. The molecule has 0 spiro atoms. The standard InChI is InChI=1S/C23H17BrCl2FNO/c24-16-8-4-15(5-9-16)23(19-12-18(19)14-6-10-17(25)11-7-14)28-29-13-20-21(26)2-1-3-22(20)27/h1-11,18-19H,12-13H2/b28-23-/t18-,19-/m0/s1. The lowest BCUT2D eigenvalue weighted by atomic mass is 10.0. The number of nitrogens with zero attached hydrogens (tertiary/aromatic N) is 1. The molecule has 0 amide bonds. The first kappa shape index (κ1) is 20.4. The van der Waals surface area contributed by atoms with Gasteiger partial charge in [0, 0.05) is 21.0 Å². The summed E-state index contributed by atoms with van der Waals surface area (Å²) in [7, 11) is 0. The fourth-order valence-corrected chi connectivity index (χ4v) is 3.98. The van der Waals surface area contributed by atoms with Crippen molar-refractivity contribution in [3.63, 3.8) is 0 Å². The lowest BCUT2D eigenvalue weighted by Crippen LogP contribution is -2.07. The van der Waals surface area contributed by atoms with Crippen LogP contribution in [0.3, 0.4) is 0 Å². The van der Waals surface area contributed by atoms with Crippen molar-refractivity contribution in [1.29, 1.82) is 0 Å². The third-order valence-corrected chi connectivity index (χ3v) is 6.15. The molecule has 0 N–H and O–H groups in total. The molecule has 6 heteroatoms. The van der Waals surface area contributed by atoms with Gasteiger partial charge < -0.3 is 4.84 Å². The molecule has 1 saturated carbocycles. The summed E-state index contributed by atoms with van der Waals surface area (Å²) in [6, 6.07) is 20.4. The molecule has 4 rings (SSSR count). The van der Waals surface area contributed by atoms with Crippen molar-refractivity contribution in [2.45, 2.75) is 18.9 Å². The van der Waals surface area contributed by atoms with Gasteiger partial charge in [0.05, 0.1) is 10.7 Å². The van der Waals surface area contributed by atoms with Gasteiger partial charge in [0.2, 0.25) is 0 Å². The number of hydrogen-bond acceptors (Lipinski definition) is 2. The molecule has 0 radical (unpaired) electrons. The van der Waals surface area contributed by atoms with Crippen molar-refractivity contribution in [3.05, 3.63) is 104 Å². The minimum absolute atomic E-state index is 0.0239. The van der Waals surface area contributed by atoms with E-state index in [9.17, 15) is 4.39 Å². The van der Waals surface area contributed by atoms with Crippen LogP contribution in [0.1, 0.15) is 29.0 Å². The van der Waals surface area contributed by atoms with E-state index in [1.54, 1.807) is 12.1 Å². The molecule has 3 aromatic carbocycles. The van der Waals surface area contributed by atoms with Crippen LogP contribution >= 0.6 is 39.1 Å². The average molecular weight is 493 g/mol. The van der Waals surface area contributed by atoms with Gasteiger partial charge >= 0.3 is 0 Å². The SMILES string of the molecule is Fc1cccc(Cl)c1CO/N=C(/c1ccc(Br)cc1)[C@H]1C[C@H]1c1ccc(Cl)cc1. The zero-order valence-corrected chi connectivity index (χ0v) is 18.4. The van der Waals surface area contributed by atoms with Gasteiger partial charge in [-0.1, -0.05) is 74.6 Å². The molecular weight excluding hydrogens is 476 g/mol. The molecule has 0 heterocycles. The first-order valence-corrected chi connectivity index (χ1v) is 10.7. The first-order chi connectivity index (χ1) is 14.0. The number of halogens is 4. The quantitative estimate of drug-likeness (QED) is 0.256. The second-order valence-electron chi connectivity index (χ2n) is 6.96. The molecule has 2 nitrogen and oxygen atoms in total. The zero-order valence-electron chi connectivity index (χ0n) is 15.3. The lowest BCUT2D eigenvalue weighted by molar-refractivity contribution is 0.127. The fraction of sp³-hybridized carbons (Fsp3) is 0.174. The predicted molar refractivity (Wildman–Crippen MR) is 119 cm³/mol. The summed E-state index contributed by atoms with van der Waals surface area (Å²) >= 11 is 15.6. The van der Waals surface area contributed by atoms with Crippen LogP contribution in [0.4, 0.5) is 4.39 Å². The number of hydrogen-bond donors (Lipinski definition) is 0. The molecule has 1 aliphatic carbocycles. The molecule has 1 aliphatic rings. The maximum Gasteiger partial charge on any atom is 0.146 e. The van der Waals surface area contributed by atoms with Gasteiger partial charge in [-0.25, -0.2) is 4.39 Å². The first-order valence-electron chi connectivity index (χ1n) is 9.17. The maximum absolute atomic E-state index is 14.0. The van der Waals surface area contributed by atoms with Crippen molar-refractivity contribution >= 4 is 44.8 Å². The van der Waals surface area contributed by atoms with Crippen molar-refractivity contribution < 1.29 is 9.23 Å². The van der Waals surface area contributed by atoms with E-state index in [0.717, 1.165) is 27.2 Å². The van der Waals surface area contributed by atoms with Crippen molar-refractivity contribution in [2.75, 3.05) is 0 Å². The van der Waals surface area contributed by atoms with E-state index in [1.807, 2.05) is 48.5 Å². The van der Waals surface area contributed by atoms with Gasteiger partial charge in [0.15, 0.2) is 0 Å². The van der Waals surface area contributed by atoms with Gasteiger partial charge in [-0.2, -0.15) is 0 Å². The zero-order chi connectivity index (χ0) is 20.4. The highest BCUT2D eigenvalue weighted by Gasteiger charge is 2.43. The molecule has 148 valence electrons. The van der Waals surface area contributed by atoms with Crippen LogP contribution < -0.4 is 0 Å². The largest absolute Gasteiger partial charge is 0.391 e. The third kappa shape index (κ3) is 4.82. The summed E-state index contributed by atoms with van der Waals surface area (Å²) in [6.45, 7) is -0.0239. The summed E-state index contributed by atoms with van der Waals surface area (Å²) in [5.74, 6) is 0.187. The van der Waals surface area contributed by atoms with Crippen LogP contribution in [0, 0.1) is 11.7 Å². The summed E-state index contributed by atoms with van der Waals surface area (Å²) in [5, 5.41) is 5.46. The fourth-order valence-electron chi connectivity index (χ4n) is 3.37. The van der Waals surface area contributed by atoms with E-state index in [-0.39, 0.29) is 12.5 Å². The Morgan fingerprint density at radius 3 is 2.45 bits per heavy atom. The van der Waals surface area contributed by atoms with Crippen molar-refractivity contribution in [2.24, 2.45) is 11.1 Å². The highest BCUT2D eigenvalue weighted by molar-refractivity contribution is 9.10. The smallest absolute Gasteiger partial charge is 0.146 e. The molecule has 3 aromatic rings. The Kier molecular flexibility index (Phi) is 6.23. The Balaban J connectivity index is 1.57. The Morgan fingerprint density at radius 1 is 1.03 bits per heavy atom. The second-order valence-corrected chi connectivity index (χ2v) is 8.72. The number of rotatable bonds is 6. The van der Waals surface area contributed by atoms with Crippen LogP contribution in [0.15, 0.2) is 76.4 Å². The number of oxime groups is 1. The predicted octanol–water partition coefficient (Wildman–Crippen LogP) is 7.62. The molecule has 29 heavy (non-hydrogen) atoms. The van der Waals surface area contributed by atoms with Crippen LogP contribution in [0.2, 0.25) is 10.0 Å². The van der Waals surface area contributed by atoms with Crippen molar-refractivity contribution in [1.82, 2.24) is 0 Å². The summed E-state index contributed by atoms with van der Waals surface area (Å²) in [5.41, 5.74) is 3.36. The molecule has 0 unspecified atom stereocenters. The highest BCUT2D eigenvalue weighted by Crippen LogP contribution is 2.49. The van der Waals surface area contributed by atoms with Gasteiger partial charge in [-0.05, 0) is 59.9 Å². The summed E-state index contributed by atoms with van der Waals surface area (Å²) < 4.78 is 15.0. The second kappa shape index (κ2) is 8.86. The Morgan fingerprint density at radius 2 is 1.76 bits per heavy atom. The molecule has 0 saturated heterocycles. The minimum atomic E-state index is -0.400. The van der Waals surface area contributed by atoms with Gasteiger partial charge in [-0.15, -0.1) is 0 Å². The Labute approximate surface area is 187 Å². The van der Waals surface area contributed by atoms with Gasteiger partial charge in [-0.3, -0.25) is 0 Å². The maximum atomic E-state index is 14.0. The Bertz CT molecular complexity index is 1020. The molecule has 2 atom stereocenters. The molecule has 0 aliphatic heterocycles. The van der Waals surface area contributed by atoms with Crippen LogP contribution in [-0.4, -0.2) is 5.71 Å². The third-order valence-electron chi connectivity index (χ3n) is 5.01. The van der Waals surface area contributed by atoms with Crippen LogP contribution in [0.5, 0.6) is 0 Å². The van der Waals surface area contributed by atoms with Gasteiger partial charge in [0.1, 0.15) is 12.4 Å². The molecular formula is C23H17BrCl2FNO. The monoisotopic (exact) mass is 491 g/mol. The highest BCUT2D eigenvalue weighted by atomic mass is 79.9. The van der Waals surface area contributed by atoms with E-state index in [0.29, 0.717) is 16.5 Å². The van der Waals surface area contributed by atoms with Crippen molar-refractivity contribution in [3.8, 4) is 0 Å². The average Bonchev–Trinajstić information content (AvgIpc) is 3.49. The van der Waals surface area contributed by atoms with Gasteiger partial charge in [0.25, 0.3) is 0 Å². The van der Waals surface area contributed by atoms with E-state index < -0.39 is 5.82 Å². The van der Waals surface area contributed by atoms with Crippen LogP contribution in [-0.2, 0) is 11.4 Å². The van der Waals surface area contributed by atoms with E-state index in [2.05, 4.69) is 21.1 Å². The van der Waals surface area contributed by atoms with Crippen LogP contribution in [0.25, 0.3) is 0 Å². The molecule has 1 fully saturated rings. The van der Waals surface area contributed by atoms with E-state index in [1.165, 1.54) is 11.6 Å². The summed E-state index contributed by atoms with van der Waals surface area (Å²) in [4.78, 5) is 5.56. The summed E-state index contributed by atoms with van der Waals surface area (Å²) in [6.07, 6.45) is 0.973. The van der Waals surface area contributed by atoms with E-state index in [4.69, 9.17) is 28.0 Å². The topological polar surface area (TPSA) is 21.6 Å².